The molecule has 0 fully saturated rings. The summed E-state index contributed by atoms with van der Waals surface area (Å²) in [5.74, 6) is -1.56. The number of primary amides is 1. The third-order valence-corrected chi connectivity index (χ3v) is 4.10. The Kier molecular flexibility index (Phi) is 4.49. The highest BCUT2D eigenvalue weighted by molar-refractivity contribution is 5.92. The number of carbonyl (C=O) groups excluding carboxylic acids is 1. The molecule has 130 valence electrons. The van der Waals surface area contributed by atoms with Gasteiger partial charge in [-0.05, 0) is 37.1 Å². The van der Waals surface area contributed by atoms with Gasteiger partial charge in [-0.1, -0.05) is 36.4 Å². The van der Waals surface area contributed by atoms with Crippen molar-refractivity contribution in [3.05, 3.63) is 71.2 Å². The van der Waals surface area contributed by atoms with Gasteiger partial charge in [-0.2, -0.15) is 0 Å². The van der Waals surface area contributed by atoms with Crippen LogP contribution in [-0.4, -0.2) is 27.0 Å². The van der Waals surface area contributed by atoms with Crippen LogP contribution in [0.25, 0.3) is 22.4 Å². The fraction of sp³-hybridized carbons (Fsp3) is 0.100. The predicted octanol–water partition coefficient (Wildman–Crippen LogP) is 3.22. The molecule has 1 heterocycles. The number of carboxylic acid groups (broad SMARTS) is 1. The van der Waals surface area contributed by atoms with Crippen molar-refractivity contribution in [1.29, 1.82) is 0 Å². The molecular weight excluding hydrogens is 330 g/mol. The molecule has 26 heavy (non-hydrogen) atoms. The SMILES string of the molecule is Cc1nc(C)c(-c2ccc(-c3ccc(C(=O)O)cc3)cc2)nc1C(N)=O. The van der Waals surface area contributed by atoms with Crippen molar-refractivity contribution in [2.45, 2.75) is 13.8 Å². The largest absolute Gasteiger partial charge is 0.478 e. The van der Waals surface area contributed by atoms with Gasteiger partial charge in [0.05, 0.1) is 22.6 Å². The zero-order chi connectivity index (χ0) is 18.8. The standard InChI is InChI=1S/C20H17N3O3/c1-11-17(23-18(19(21)24)12(2)22-11)15-7-3-13(4-8-15)14-5-9-16(10-6-14)20(25)26/h3-10H,1-2H3,(H2,21,24)(H,25,26). The lowest BCUT2D eigenvalue weighted by Crippen LogP contribution is -2.17. The molecule has 3 N–H and O–H groups in total. The molecule has 2 aromatic carbocycles. The maximum absolute atomic E-state index is 11.5. The number of hydrogen-bond donors (Lipinski definition) is 2. The number of benzene rings is 2. The first-order valence-corrected chi connectivity index (χ1v) is 7.96. The van der Waals surface area contributed by atoms with Crippen molar-refractivity contribution in [1.82, 2.24) is 9.97 Å². The highest BCUT2D eigenvalue weighted by Crippen LogP contribution is 2.26. The molecule has 0 unspecified atom stereocenters. The Morgan fingerprint density at radius 2 is 1.31 bits per heavy atom. The minimum Gasteiger partial charge on any atom is -0.478 e. The molecule has 0 radical (unpaired) electrons. The summed E-state index contributed by atoms with van der Waals surface area (Å²) >= 11 is 0. The molecule has 0 saturated carbocycles. The summed E-state index contributed by atoms with van der Waals surface area (Å²) in [5, 5.41) is 8.97. The molecular formula is C20H17N3O3. The van der Waals surface area contributed by atoms with Gasteiger partial charge in [-0.25, -0.2) is 9.78 Å². The van der Waals surface area contributed by atoms with E-state index < -0.39 is 11.9 Å². The fourth-order valence-electron chi connectivity index (χ4n) is 2.76. The molecule has 0 aliphatic rings. The Bertz CT molecular complexity index is 994. The normalized spacial score (nSPS) is 10.5. The third-order valence-electron chi connectivity index (χ3n) is 4.10. The summed E-state index contributed by atoms with van der Waals surface area (Å²) in [6.07, 6.45) is 0. The van der Waals surface area contributed by atoms with Crippen molar-refractivity contribution >= 4 is 11.9 Å². The number of rotatable bonds is 4. The van der Waals surface area contributed by atoms with E-state index in [-0.39, 0.29) is 11.3 Å². The van der Waals surface area contributed by atoms with Crippen molar-refractivity contribution in [3.63, 3.8) is 0 Å². The Balaban J connectivity index is 1.96. The van der Waals surface area contributed by atoms with Crippen LogP contribution < -0.4 is 5.73 Å². The smallest absolute Gasteiger partial charge is 0.335 e. The second-order valence-corrected chi connectivity index (χ2v) is 5.92. The van der Waals surface area contributed by atoms with Crippen LogP contribution in [0.5, 0.6) is 0 Å². The van der Waals surface area contributed by atoms with Crippen LogP contribution in [-0.2, 0) is 0 Å². The number of aromatic nitrogens is 2. The summed E-state index contributed by atoms with van der Waals surface area (Å²) in [7, 11) is 0. The lowest BCUT2D eigenvalue weighted by molar-refractivity contribution is 0.0696. The second kappa shape index (κ2) is 6.76. The number of nitrogens with two attached hydrogens (primary N) is 1. The molecule has 3 aromatic rings. The van der Waals surface area contributed by atoms with Gasteiger partial charge < -0.3 is 10.8 Å². The highest BCUT2D eigenvalue weighted by Gasteiger charge is 2.14. The van der Waals surface area contributed by atoms with Gasteiger partial charge in [0.1, 0.15) is 5.69 Å². The third kappa shape index (κ3) is 3.30. The van der Waals surface area contributed by atoms with E-state index in [1.54, 1.807) is 31.2 Å². The highest BCUT2D eigenvalue weighted by atomic mass is 16.4. The molecule has 0 aliphatic carbocycles. The lowest BCUT2D eigenvalue weighted by Gasteiger charge is -2.09. The molecule has 1 aromatic heterocycles. The monoisotopic (exact) mass is 347 g/mol. The van der Waals surface area contributed by atoms with E-state index in [0.29, 0.717) is 17.1 Å². The van der Waals surface area contributed by atoms with E-state index in [4.69, 9.17) is 10.8 Å². The maximum atomic E-state index is 11.5. The average molecular weight is 347 g/mol. The number of aromatic carboxylic acids is 1. The van der Waals surface area contributed by atoms with Gasteiger partial charge in [-0.15, -0.1) is 0 Å². The first-order chi connectivity index (χ1) is 12.4. The van der Waals surface area contributed by atoms with E-state index >= 15 is 0 Å². The van der Waals surface area contributed by atoms with E-state index in [9.17, 15) is 9.59 Å². The van der Waals surface area contributed by atoms with Crippen LogP contribution in [0.1, 0.15) is 32.2 Å². The molecule has 3 rings (SSSR count). The van der Waals surface area contributed by atoms with Crippen molar-refractivity contribution in [3.8, 4) is 22.4 Å². The average Bonchev–Trinajstić information content (AvgIpc) is 2.62. The van der Waals surface area contributed by atoms with Gasteiger partial charge >= 0.3 is 5.97 Å². The number of hydrogen-bond acceptors (Lipinski definition) is 4. The van der Waals surface area contributed by atoms with Crippen molar-refractivity contribution in [2.24, 2.45) is 5.73 Å². The molecule has 0 spiro atoms. The van der Waals surface area contributed by atoms with Gasteiger partial charge in [0, 0.05) is 5.56 Å². The summed E-state index contributed by atoms with van der Waals surface area (Å²) in [5.41, 5.74) is 10.3. The van der Waals surface area contributed by atoms with Gasteiger partial charge in [-0.3, -0.25) is 9.78 Å². The minimum absolute atomic E-state index is 0.166. The van der Waals surface area contributed by atoms with Gasteiger partial charge in [0.15, 0.2) is 0 Å². The Morgan fingerprint density at radius 1 is 0.808 bits per heavy atom. The first kappa shape index (κ1) is 17.3. The van der Waals surface area contributed by atoms with Crippen LogP contribution in [0.2, 0.25) is 0 Å². The molecule has 0 bridgehead atoms. The van der Waals surface area contributed by atoms with E-state index in [2.05, 4.69) is 9.97 Å². The summed E-state index contributed by atoms with van der Waals surface area (Å²) in [6, 6.07) is 14.3. The topological polar surface area (TPSA) is 106 Å². The van der Waals surface area contributed by atoms with Crippen LogP contribution in [0.15, 0.2) is 48.5 Å². The quantitative estimate of drug-likeness (QED) is 0.753. The zero-order valence-corrected chi connectivity index (χ0v) is 14.4. The Morgan fingerprint density at radius 3 is 1.81 bits per heavy atom. The predicted molar refractivity (Wildman–Crippen MR) is 97.9 cm³/mol. The summed E-state index contributed by atoms with van der Waals surface area (Å²) in [4.78, 5) is 31.2. The Labute approximate surface area is 150 Å². The summed E-state index contributed by atoms with van der Waals surface area (Å²) in [6.45, 7) is 3.53. The lowest BCUT2D eigenvalue weighted by atomic mass is 10.0. The van der Waals surface area contributed by atoms with E-state index in [0.717, 1.165) is 16.7 Å². The van der Waals surface area contributed by atoms with Gasteiger partial charge in [0.25, 0.3) is 5.91 Å². The molecule has 6 heteroatoms. The number of amides is 1. The zero-order valence-electron chi connectivity index (χ0n) is 14.4. The number of carbonyl (C=O) groups is 2. The van der Waals surface area contributed by atoms with Gasteiger partial charge in [0.2, 0.25) is 0 Å². The van der Waals surface area contributed by atoms with Crippen LogP contribution in [0.4, 0.5) is 0 Å². The Hall–Kier alpha value is -3.54. The molecule has 0 saturated heterocycles. The maximum Gasteiger partial charge on any atom is 0.335 e. The molecule has 6 nitrogen and oxygen atoms in total. The molecule has 1 amide bonds. The summed E-state index contributed by atoms with van der Waals surface area (Å²) < 4.78 is 0. The van der Waals surface area contributed by atoms with E-state index in [1.165, 1.54) is 0 Å². The van der Waals surface area contributed by atoms with E-state index in [1.807, 2.05) is 31.2 Å². The van der Waals surface area contributed by atoms with Crippen LogP contribution in [0.3, 0.4) is 0 Å². The number of nitrogens with zero attached hydrogens (tertiary/aromatic N) is 2. The molecule has 0 aliphatic heterocycles. The number of aryl methyl sites for hydroxylation is 2. The first-order valence-electron chi connectivity index (χ1n) is 7.96. The number of carboxylic acids is 1. The van der Waals surface area contributed by atoms with Crippen LogP contribution >= 0.6 is 0 Å². The molecule has 0 atom stereocenters. The van der Waals surface area contributed by atoms with Crippen LogP contribution in [0, 0.1) is 13.8 Å². The minimum atomic E-state index is -0.953. The van der Waals surface area contributed by atoms with Crippen molar-refractivity contribution < 1.29 is 14.7 Å². The fourth-order valence-corrected chi connectivity index (χ4v) is 2.76. The second-order valence-electron chi connectivity index (χ2n) is 5.92. The van der Waals surface area contributed by atoms with Crippen molar-refractivity contribution in [2.75, 3.05) is 0 Å².